The maximum absolute atomic E-state index is 12.7. The first-order valence-corrected chi connectivity index (χ1v) is 6.35. The summed E-state index contributed by atoms with van der Waals surface area (Å²) in [6.45, 7) is 1.83. The second-order valence-electron chi connectivity index (χ2n) is 4.60. The van der Waals surface area contributed by atoms with Gasteiger partial charge >= 0.3 is 6.18 Å². The van der Waals surface area contributed by atoms with Crippen molar-refractivity contribution in [1.29, 1.82) is 0 Å². The van der Waals surface area contributed by atoms with Crippen LogP contribution >= 0.6 is 11.6 Å². The van der Waals surface area contributed by atoms with E-state index in [0.29, 0.717) is 10.6 Å². The summed E-state index contributed by atoms with van der Waals surface area (Å²) in [5, 5.41) is 0.572. The van der Waals surface area contributed by atoms with Crippen LogP contribution in [-0.4, -0.2) is 0 Å². The minimum absolute atomic E-state index is 0.422. The van der Waals surface area contributed by atoms with Crippen LogP contribution in [0, 0.1) is 6.92 Å². The Bertz CT molecular complexity index is 623. The van der Waals surface area contributed by atoms with Crippen molar-refractivity contribution in [2.45, 2.75) is 19.1 Å². The van der Waals surface area contributed by atoms with Crippen LogP contribution in [0.2, 0.25) is 5.02 Å². The van der Waals surface area contributed by atoms with E-state index in [1.165, 1.54) is 6.07 Å². The first-order chi connectivity index (χ1) is 9.29. The van der Waals surface area contributed by atoms with Crippen molar-refractivity contribution < 1.29 is 13.2 Å². The summed E-state index contributed by atoms with van der Waals surface area (Å²) in [5.74, 6) is 0. The number of rotatable bonds is 2. The predicted molar refractivity (Wildman–Crippen MR) is 73.7 cm³/mol. The Morgan fingerprint density at radius 2 is 1.80 bits per heavy atom. The van der Waals surface area contributed by atoms with Gasteiger partial charge in [0.2, 0.25) is 0 Å². The molecule has 0 saturated heterocycles. The van der Waals surface area contributed by atoms with Gasteiger partial charge in [-0.15, -0.1) is 0 Å². The van der Waals surface area contributed by atoms with E-state index in [9.17, 15) is 13.2 Å². The third-order valence-corrected chi connectivity index (χ3v) is 3.38. The quantitative estimate of drug-likeness (QED) is 0.853. The van der Waals surface area contributed by atoms with E-state index in [2.05, 4.69) is 0 Å². The minimum atomic E-state index is -4.37. The lowest BCUT2D eigenvalue weighted by Crippen LogP contribution is -2.14. The van der Waals surface area contributed by atoms with Crippen molar-refractivity contribution >= 4 is 11.6 Å². The van der Waals surface area contributed by atoms with Gasteiger partial charge in [-0.2, -0.15) is 13.2 Å². The molecule has 0 amide bonds. The summed E-state index contributed by atoms with van der Waals surface area (Å²) in [5.41, 5.74) is 7.40. The predicted octanol–water partition coefficient (Wildman–Crippen LogP) is 4.72. The number of alkyl halides is 3. The molecule has 0 heterocycles. The maximum Gasteiger partial charge on any atom is 0.416 e. The van der Waals surface area contributed by atoms with Crippen molar-refractivity contribution in [3.05, 3.63) is 69.7 Å². The SMILES string of the molecule is Cc1cc(Cl)ccc1C(N)c1cccc(C(F)(F)F)c1. The van der Waals surface area contributed by atoms with Crippen LogP contribution in [0.1, 0.15) is 28.3 Å². The fourth-order valence-electron chi connectivity index (χ4n) is 2.08. The number of hydrogen-bond acceptors (Lipinski definition) is 1. The molecule has 0 aromatic heterocycles. The van der Waals surface area contributed by atoms with E-state index in [1.54, 1.807) is 24.3 Å². The summed E-state index contributed by atoms with van der Waals surface area (Å²) >= 11 is 5.86. The van der Waals surface area contributed by atoms with Crippen molar-refractivity contribution in [3.8, 4) is 0 Å². The van der Waals surface area contributed by atoms with E-state index < -0.39 is 17.8 Å². The van der Waals surface area contributed by atoms with Gasteiger partial charge < -0.3 is 5.73 Å². The van der Waals surface area contributed by atoms with Crippen LogP contribution in [0.5, 0.6) is 0 Å². The summed E-state index contributed by atoms with van der Waals surface area (Å²) in [4.78, 5) is 0. The fourth-order valence-corrected chi connectivity index (χ4v) is 2.30. The summed E-state index contributed by atoms with van der Waals surface area (Å²) in [6.07, 6.45) is -4.37. The Hall–Kier alpha value is -1.52. The van der Waals surface area contributed by atoms with Crippen molar-refractivity contribution in [1.82, 2.24) is 0 Å². The molecule has 2 rings (SSSR count). The number of halogens is 4. The van der Waals surface area contributed by atoms with E-state index in [-0.39, 0.29) is 0 Å². The third-order valence-electron chi connectivity index (χ3n) is 3.14. The van der Waals surface area contributed by atoms with Gasteiger partial charge in [-0.1, -0.05) is 29.8 Å². The largest absolute Gasteiger partial charge is 0.416 e. The Morgan fingerprint density at radius 1 is 1.10 bits per heavy atom. The molecule has 20 heavy (non-hydrogen) atoms. The summed E-state index contributed by atoms with van der Waals surface area (Å²) < 4.78 is 38.1. The second-order valence-corrected chi connectivity index (χ2v) is 5.04. The Morgan fingerprint density at radius 3 is 2.40 bits per heavy atom. The van der Waals surface area contributed by atoms with E-state index >= 15 is 0 Å². The maximum atomic E-state index is 12.7. The van der Waals surface area contributed by atoms with Gasteiger partial charge in [-0.3, -0.25) is 0 Å². The molecule has 0 aliphatic carbocycles. The normalized spacial score (nSPS) is 13.3. The number of hydrogen-bond donors (Lipinski definition) is 1. The van der Waals surface area contributed by atoms with Gasteiger partial charge in [-0.05, 0) is 47.9 Å². The second kappa shape index (κ2) is 5.46. The molecule has 0 bridgehead atoms. The van der Waals surface area contributed by atoms with Gasteiger partial charge in [0.25, 0.3) is 0 Å². The Labute approximate surface area is 120 Å². The van der Waals surface area contributed by atoms with Gasteiger partial charge in [0, 0.05) is 5.02 Å². The first kappa shape index (κ1) is 14.9. The number of aryl methyl sites for hydroxylation is 1. The van der Waals surface area contributed by atoms with E-state index in [4.69, 9.17) is 17.3 Å². The molecule has 0 saturated carbocycles. The monoisotopic (exact) mass is 299 g/mol. The molecule has 106 valence electrons. The highest BCUT2D eigenvalue weighted by atomic mass is 35.5. The zero-order chi connectivity index (χ0) is 14.9. The topological polar surface area (TPSA) is 26.0 Å². The van der Waals surface area contributed by atoms with Gasteiger partial charge in [0.1, 0.15) is 0 Å². The van der Waals surface area contributed by atoms with Crippen LogP contribution in [-0.2, 0) is 6.18 Å². The standard InChI is InChI=1S/C15H13ClF3N/c1-9-7-12(16)5-6-13(9)14(20)10-3-2-4-11(8-10)15(17,18)19/h2-8,14H,20H2,1H3. The molecule has 1 unspecified atom stereocenters. The van der Waals surface area contributed by atoms with Crippen LogP contribution in [0.15, 0.2) is 42.5 Å². The zero-order valence-electron chi connectivity index (χ0n) is 10.7. The molecule has 1 atom stereocenters. The molecular weight excluding hydrogens is 287 g/mol. The Balaban J connectivity index is 2.41. The third kappa shape index (κ3) is 3.14. The van der Waals surface area contributed by atoms with E-state index in [1.807, 2.05) is 6.92 Å². The molecule has 0 aliphatic heterocycles. The molecule has 2 aromatic rings. The molecule has 2 aromatic carbocycles. The highest BCUT2D eigenvalue weighted by molar-refractivity contribution is 6.30. The highest BCUT2D eigenvalue weighted by Crippen LogP contribution is 2.32. The molecule has 2 N–H and O–H groups in total. The summed E-state index contributed by atoms with van der Waals surface area (Å²) in [6, 6.07) is 9.61. The van der Waals surface area contributed by atoms with Gasteiger partial charge in [0.15, 0.2) is 0 Å². The average molecular weight is 300 g/mol. The smallest absolute Gasteiger partial charge is 0.320 e. The van der Waals surface area contributed by atoms with Gasteiger partial charge in [-0.25, -0.2) is 0 Å². The molecule has 0 fully saturated rings. The van der Waals surface area contributed by atoms with Crippen LogP contribution < -0.4 is 5.73 Å². The van der Waals surface area contributed by atoms with Crippen LogP contribution in [0.4, 0.5) is 13.2 Å². The number of nitrogens with two attached hydrogens (primary N) is 1. The fraction of sp³-hybridized carbons (Fsp3) is 0.200. The molecule has 0 spiro atoms. The lowest BCUT2D eigenvalue weighted by Gasteiger charge is -2.17. The van der Waals surface area contributed by atoms with Crippen LogP contribution in [0.25, 0.3) is 0 Å². The minimum Gasteiger partial charge on any atom is -0.320 e. The number of benzene rings is 2. The molecule has 1 nitrogen and oxygen atoms in total. The molecule has 0 aliphatic rings. The lowest BCUT2D eigenvalue weighted by atomic mass is 9.94. The van der Waals surface area contributed by atoms with Crippen molar-refractivity contribution in [2.24, 2.45) is 5.73 Å². The van der Waals surface area contributed by atoms with Crippen LogP contribution in [0.3, 0.4) is 0 Å². The highest BCUT2D eigenvalue weighted by Gasteiger charge is 2.30. The van der Waals surface area contributed by atoms with Gasteiger partial charge in [0.05, 0.1) is 11.6 Å². The van der Waals surface area contributed by atoms with Crippen molar-refractivity contribution in [2.75, 3.05) is 0 Å². The Kier molecular flexibility index (Phi) is 4.06. The van der Waals surface area contributed by atoms with Crippen molar-refractivity contribution in [3.63, 3.8) is 0 Å². The first-order valence-electron chi connectivity index (χ1n) is 5.98. The average Bonchev–Trinajstić information content (AvgIpc) is 2.37. The zero-order valence-corrected chi connectivity index (χ0v) is 11.5. The molecule has 0 radical (unpaired) electrons. The molecular formula is C15H13ClF3N. The lowest BCUT2D eigenvalue weighted by molar-refractivity contribution is -0.137. The molecule has 5 heteroatoms. The summed E-state index contributed by atoms with van der Waals surface area (Å²) in [7, 11) is 0. The van der Waals surface area contributed by atoms with E-state index in [0.717, 1.165) is 23.3 Å².